The van der Waals surface area contributed by atoms with E-state index in [-0.39, 0.29) is 1.43 Å². The van der Waals surface area contributed by atoms with Crippen LogP contribution in [0, 0.1) is 0 Å². The molecular formula is C12H15+. The number of benzene rings is 1. The van der Waals surface area contributed by atoms with E-state index in [4.69, 9.17) is 0 Å². The smallest absolute Gasteiger partial charge is 0.0807 e. The maximum Gasteiger partial charge on any atom is 1.00 e. The Hall–Kier alpha value is -1.04. The number of allylic oxidation sites excluding steroid dienone is 2. The van der Waals surface area contributed by atoms with Gasteiger partial charge >= 0.3 is 1.43 Å². The lowest BCUT2D eigenvalue weighted by Gasteiger charge is -2.12. The molecule has 1 aromatic carbocycles. The summed E-state index contributed by atoms with van der Waals surface area (Å²) in [5, 5.41) is 0. The Labute approximate surface area is 75.4 Å². The molecule has 0 bridgehead atoms. The molecule has 0 unspecified atom stereocenters. The minimum atomic E-state index is 0. The number of hydrogen-bond acceptors (Lipinski definition) is 0. The van der Waals surface area contributed by atoms with Crippen LogP contribution in [0.15, 0.2) is 36.4 Å². The third-order valence-corrected chi connectivity index (χ3v) is 2.44. The fourth-order valence-electron chi connectivity index (χ4n) is 1.75. The summed E-state index contributed by atoms with van der Waals surface area (Å²) in [4.78, 5) is 0. The zero-order valence-corrected chi connectivity index (χ0v) is 7.29. The maximum atomic E-state index is 2.39. The fourth-order valence-corrected chi connectivity index (χ4v) is 1.75. The topological polar surface area (TPSA) is 0 Å². The average molecular weight is 159 g/mol. The van der Waals surface area contributed by atoms with Gasteiger partial charge in [0.2, 0.25) is 0 Å². The zero-order chi connectivity index (χ0) is 8.23. The van der Waals surface area contributed by atoms with Gasteiger partial charge in [0.05, 0.1) is 0 Å². The van der Waals surface area contributed by atoms with Crippen LogP contribution in [0.1, 0.15) is 32.7 Å². The van der Waals surface area contributed by atoms with E-state index in [9.17, 15) is 0 Å². The molecule has 0 fully saturated rings. The van der Waals surface area contributed by atoms with E-state index < -0.39 is 0 Å². The van der Waals surface area contributed by atoms with Crippen molar-refractivity contribution in [3.8, 4) is 0 Å². The second kappa shape index (κ2) is 3.57. The number of hydrogen-bond donors (Lipinski definition) is 0. The summed E-state index contributed by atoms with van der Waals surface area (Å²) >= 11 is 0. The van der Waals surface area contributed by atoms with Gasteiger partial charge < -0.3 is 0 Å². The van der Waals surface area contributed by atoms with Gasteiger partial charge in [-0.15, -0.1) is 0 Å². The monoisotopic (exact) mass is 159 g/mol. The van der Waals surface area contributed by atoms with Gasteiger partial charge in [-0.3, -0.25) is 0 Å². The summed E-state index contributed by atoms with van der Waals surface area (Å²) < 4.78 is 0. The summed E-state index contributed by atoms with van der Waals surface area (Å²) in [7, 11) is 0. The molecule has 0 heteroatoms. The molecule has 0 amide bonds. The molecule has 2 rings (SSSR count). The maximum absolute atomic E-state index is 2.39. The molecule has 0 atom stereocenters. The van der Waals surface area contributed by atoms with Gasteiger partial charge in [-0.1, -0.05) is 36.4 Å². The minimum absolute atomic E-state index is 0. The molecule has 0 aromatic heterocycles. The van der Waals surface area contributed by atoms with Crippen LogP contribution >= 0.6 is 0 Å². The van der Waals surface area contributed by atoms with Crippen molar-refractivity contribution in [2.24, 2.45) is 0 Å². The summed E-state index contributed by atoms with van der Waals surface area (Å²) in [6.07, 6.45) is 7.66. The van der Waals surface area contributed by atoms with Gasteiger partial charge in [0.25, 0.3) is 0 Å². The molecule has 62 valence electrons. The number of rotatable bonds is 1. The third kappa shape index (κ3) is 1.58. The predicted molar refractivity (Wildman–Crippen MR) is 54.0 cm³/mol. The van der Waals surface area contributed by atoms with Crippen LogP contribution in [-0.2, 0) is 0 Å². The first-order valence-corrected chi connectivity index (χ1v) is 4.71. The van der Waals surface area contributed by atoms with Crippen molar-refractivity contribution in [2.45, 2.75) is 25.7 Å². The van der Waals surface area contributed by atoms with E-state index in [1.54, 1.807) is 5.57 Å². The molecule has 0 saturated heterocycles. The van der Waals surface area contributed by atoms with Crippen molar-refractivity contribution in [3.05, 3.63) is 42.0 Å². The highest BCUT2D eigenvalue weighted by Crippen LogP contribution is 2.25. The minimum Gasteiger partial charge on any atom is -0.0807 e. The molecule has 0 nitrogen and oxygen atoms in total. The van der Waals surface area contributed by atoms with Gasteiger partial charge in [-0.05, 0) is 36.8 Å². The Morgan fingerprint density at radius 3 is 2.50 bits per heavy atom. The first-order chi connectivity index (χ1) is 5.97. The summed E-state index contributed by atoms with van der Waals surface area (Å²) in [6.45, 7) is 0. The lowest BCUT2D eigenvalue weighted by molar-refractivity contribution is 0.742. The summed E-state index contributed by atoms with van der Waals surface area (Å²) in [5.41, 5.74) is 2.96. The average Bonchev–Trinajstić information content (AvgIpc) is 2.21. The van der Waals surface area contributed by atoms with Crippen molar-refractivity contribution in [1.29, 1.82) is 0 Å². The van der Waals surface area contributed by atoms with Crippen LogP contribution in [0.4, 0.5) is 0 Å². The molecule has 0 aliphatic heterocycles. The molecule has 0 spiro atoms. The Bertz CT molecular complexity index is 274. The van der Waals surface area contributed by atoms with E-state index in [1.165, 1.54) is 31.2 Å². The highest BCUT2D eigenvalue weighted by molar-refractivity contribution is 5.65. The van der Waals surface area contributed by atoms with Crippen molar-refractivity contribution < 1.29 is 1.43 Å². The van der Waals surface area contributed by atoms with Crippen molar-refractivity contribution in [1.82, 2.24) is 0 Å². The van der Waals surface area contributed by atoms with Gasteiger partial charge in [0.15, 0.2) is 0 Å². The SMILES string of the molecule is C1=C(c2ccccc2)CCCC1.[H+]. The zero-order valence-electron chi connectivity index (χ0n) is 8.29. The lowest BCUT2D eigenvalue weighted by Crippen LogP contribution is -1.90. The van der Waals surface area contributed by atoms with Gasteiger partial charge in [0, 0.05) is 0 Å². The van der Waals surface area contributed by atoms with Crippen molar-refractivity contribution in [2.75, 3.05) is 0 Å². The first kappa shape index (κ1) is 7.60. The molecular weight excluding hydrogens is 144 g/mol. The molecule has 0 N–H and O–H groups in total. The lowest BCUT2D eigenvalue weighted by atomic mass is 9.94. The Morgan fingerprint density at radius 1 is 1.00 bits per heavy atom. The predicted octanol–water partition coefficient (Wildman–Crippen LogP) is 3.76. The molecule has 0 saturated carbocycles. The summed E-state index contributed by atoms with van der Waals surface area (Å²) in [6, 6.07) is 10.7. The van der Waals surface area contributed by atoms with Crippen molar-refractivity contribution in [3.63, 3.8) is 0 Å². The van der Waals surface area contributed by atoms with E-state index >= 15 is 0 Å². The van der Waals surface area contributed by atoms with Gasteiger partial charge in [-0.2, -0.15) is 0 Å². The van der Waals surface area contributed by atoms with Gasteiger partial charge in [-0.25, -0.2) is 0 Å². The Balaban J connectivity index is 0.000000845. The first-order valence-electron chi connectivity index (χ1n) is 4.71. The molecule has 0 heterocycles. The van der Waals surface area contributed by atoms with Crippen LogP contribution in [0.3, 0.4) is 0 Å². The second-order valence-electron chi connectivity index (χ2n) is 3.34. The largest absolute Gasteiger partial charge is 1.00 e. The van der Waals surface area contributed by atoms with E-state index in [2.05, 4.69) is 36.4 Å². The highest BCUT2D eigenvalue weighted by atomic mass is 14.1. The molecule has 0 radical (unpaired) electrons. The molecule has 1 aromatic rings. The molecule has 1 aliphatic rings. The highest BCUT2D eigenvalue weighted by Gasteiger charge is 2.04. The van der Waals surface area contributed by atoms with Crippen molar-refractivity contribution >= 4 is 5.57 Å². The van der Waals surface area contributed by atoms with Crippen LogP contribution in [0.25, 0.3) is 5.57 Å². The van der Waals surface area contributed by atoms with Crippen LogP contribution in [-0.4, -0.2) is 0 Å². The Kier molecular flexibility index (Phi) is 2.26. The standard InChI is InChI=1S/C12H14/c1-3-7-11(8-4-1)12-9-5-2-6-10-12/h1,3-4,7-9H,2,5-6,10H2/p+1. The fraction of sp³-hybridized carbons (Fsp3) is 0.333. The third-order valence-electron chi connectivity index (χ3n) is 2.44. The molecule has 12 heavy (non-hydrogen) atoms. The van der Waals surface area contributed by atoms with Crippen LogP contribution < -0.4 is 0 Å². The van der Waals surface area contributed by atoms with Crippen LogP contribution in [0.2, 0.25) is 0 Å². The van der Waals surface area contributed by atoms with E-state index in [0.29, 0.717) is 0 Å². The van der Waals surface area contributed by atoms with Crippen LogP contribution in [0.5, 0.6) is 0 Å². The van der Waals surface area contributed by atoms with E-state index in [0.717, 1.165) is 0 Å². The Morgan fingerprint density at radius 2 is 1.83 bits per heavy atom. The molecule has 1 aliphatic carbocycles. The normalized spacial score (nSPS) is 17.2. The quantitative estimate of drug-likeness (QED) is 0.585. The van der Waals surface area contributed by atoms with E-state index in [1.807, 2.05) is 0 Å². The summed E-state index contributed by atoms with van der Waals surface area (Å²) in [5.74, 6) is 0. The van der Waals surface area contributed by atoms with Gasteiger partial charge in [0.1, 0.15) is 0 Å². The second-order valence-corrected chi connectivity index (χ2v) is 3.34.